The van der Waals surface area contributed by atoms with Crippen LogP contribution in [0.3, 0.4) is 0 Å². The minimum atomic E-state index is 0.295. The zero-order chi connectivity index (χ0) is 14.8. The van der Waals surface area contributed by atoms with Crippen LogP contribution in [0.5, 0.6) is 0 Å². The number of nitrogens with two attached hydrogens (primary N) is 1. The van der Waals surface area contributed by atoms with Crippen molar-refractivity contribution in [2.45, 2.75) is 19.3 Å². The molecule has 1 aliphatic rings. The molecule has 106 valence electrons. The molecule has 2 aromatic rings. The number of nitrogens with zero attached hydrogens (tertiary/aromatic N) is 2. The zero-order valence-corrected chi connectivity index (χ0v) is 11.8. The summed E-state index contributed by atoms with van der Waals surface area (Å²) < 4.78 is 5.24. The Balaban J connectivity index is 1.99. The Bertz CT molecular complexity index is 792. The molecule has 2 heterocycles. The van der Waals surface area contributed by atoms with Crippen molar-refractivity contribution in [3.63, 3.8) is 0 Å². The lowest BCUT2D eigenvalue weighted by Gasteiger charge is -2.14. The molecule has 0 fully saturated rings. The van der Waals surface area contributed by atoms with E-state index in [2.05, 4.69) is 22.1 Å². The third kappa shape index (κ3) is 2.36. The van der Waals surface area contributed by atoms with Gasteiger partial charge in [0.05, 0.1) is 18.6 Å². The van der Waals surface area contributed by atoms with Crippen LogP contribution in [0, 0.1) is 11.3 Å². The van der Waals surface area contributed by atoms with Crippen molar-refractivity contribution in [1.29, 1.82) is 5.26 Å². The molecular formula is C16H16N4O. The summed E-state index contributed by atoms with van der Waals surface area (Å²) in [7, 11) is 1.69. The quantitative estimate of drug-likeness (QED) is 0.905. The van der Waals surface area contributed by atoms with Crippen LogP contribution in [0.15, 0.2) is 35.9 Å². The van der Waals surface area contributed by atoms with Crippen molar-refractivity contribution >= 4 is 16.6 Å². The predicted octanol–water partition coefficient (Wildman–Crippen LogP) is 2.81. The number of hydrogen-bond acceptors (Lipinski definition) is 4. The molecule has 0 atom stereocenters. The molecule has 21 heavy (non-hydrogen) atoms. The smallest absolute Gasteiger partial charge is 0.142 e. The second-order valence-electron chi connectivity index (χ2n) is 5.05. The molecule has 3 N–H and O–H groups in total. The standard InChI is InChI=1S/C16H16N4O/c1-21-11-4-2-10(3-5-11)6-15-14-9-19-8-13(14)12(7-17)16(18)20-15/h2,4,8-9,19H,3,5-6,18H2,1H3. The maximum atomic E-state index is 9.19. The highest BCUT2D eigenvalue weighted by atomic mass is 16.5. The van der Waals surface area contributed by atoms with Crippen LogP contribution >= 0.6 is 0 Å². The van der Waals surface area contributed by atoms with Crippen molar-refractivity contribution in [1.82, 2.24) is 9.97 Å². The molecule has 5 heteroatoms. The Morgan fingerprint density at radius 1 is 1.33 bits per heavy atom. The summed E-state index contributed by atoms with van der Waals surface area (Å²) in [5.41, 5.74) is 8.54. The second-order valence-corrected chi connectivity index (χ2v) is 5.05. The van der Waals surface area contributed by atoms with Gasteiger partial charge in [0.1, 0.15) is 17.5 Å². The first-order chi connectivity index (χ1) is 10.2. The van der Waals surface area contributed by atoms with Crippen LogP contribution in [-0.4, -0.2) is 17.1 Å². The van der Waals surface area contributed by atoms with Gasteiger partial charge in [-0.3, -0.25) is 0 Å². The number of nitrogens with one attached hydrogen (secondary N) is 1. The van der Waals surface area contributed by atoms with Crippen molar-refractivity contribution in [2.75, 3.05) is 12.8 Å². The summed E-state index contributed by atoms with van der Waals surface area (Å²) in [5, 5.41) is 11.0. The lowest BCUT2D eigenvalue weighted by Crippen LogP contribution is -2.04. The maximum Gasteiger partial charge on any atom is 0.142 e. The summed E-state index contributed by atoms with van der Waals surface area (Å²) in [6.45, 7) is 0. The average molecular weight is 280 g/mol. The van der Waals surface area contributed by atoms with E-state index in [1.54, 1.807) is 13.3 Å². The molecule has 0 aromatic carbocycles. The number of anilines is 1. The molecule has 0 amide bonds. The van der Waals surface area contributed by atoms with E-state index in [-0.39, 0.29) is 0 Å². The third-order valence-electron chi connectivity index (χ3n) is 3.80. The van der Waals surface area contributed by atoms with Gasteiger partial charge in [-0.05, 0) is 12.5 Å². The highest BCUT2D eigenvalue weighted by Gasteiger charge is 2.15. The van der Waals surface area contributed by atoms with Crippen LogP contribution in [0.1, 0.15) is 24.1 Å². The van der Waals surface area contributed by atoms with Gasteiger partial charge in [0.25, 0.3) is 0 Å². The van der Waals surface area contributed by atoms with E-state index in [1.807, 2.05) is 12.3 Å². The van der Waals surface area contributed by atoms with E-state index >= 15 is 0 Å². The topological polar surface area (TPSA) is 87.7 Å². The second kappa shape index (κ2) is 5.33. The van der Waals surface area contributed by atoms with E-state index in [0.717, 1.165) is 41.5 Å². The van der Waals surface area contributed by atoms with Crippen LogP contribution in [0.25, 0.3) is 10.8 Å². The van der Waals surface area contributed by atoms with Gasteiger partial charge < -0.3 is 15.5 Å². The number of rotatable bonds is 3. The zero-order valence-electron chi connectivity index (χ0n) is 11.8. The number of aromatic nitrogens is 2. The van der Waals surface area contributed by atoms with Crippen LogP contribution in [0.2, 0.25) is 0 Å². The van der Waals surface area contributed by atoms with Crippen molar-refractivity contribution in [2.24, 2.45) is 0 Å². The van der Waals surface area contributed by atoms with E-state index in [9.17, 15) is 5.26 Å². The van der Waals surface area contributed by atoms with Gasteiger partial charge >= 0.3 is 0 Å². The molecule has 5 nitrogen and oxygen atoms in total. The Kier molecular flexibility index (Phi) is 3.36. The van der Waals surface area contributed by atoms with Crippen molar-refractivity contribution < 1.29 is 4.74 Å². The monoisotopic (exact) mass is 280 g/mol. The summed E-state index contributed by atoms with van der Waals surface area (Å²) in [4.78, 5) is 7.46. The fourth-order valence-corrected chi connectivity index (χ4v) is 2.65. The molecular weight excluding hydrogens is 264 g/mol. The molecule has 1 aliphatic carbocycles. The van der Waals surface area contributed by atoms with Gasteiger partial charge in [0.2, 0.25) is 0 Å². The number of nitriles is 1. The lowest BCUT2D eigenvalue weighted by atomic mass is 9.97. The summed E-state index contributed by atoms with van der Waals surface area (Å²) in [6, 6.07) is 2.12. The molecule has 0 radical (unpaired) electrons. The number of fused-ring (bicyclic) bond motifs is 1. The van der Waals surface area contributed by atoms with Gasteiger partial charge in [-0.1, -0.05) is 11.6 Å². The third-order valence-corrected chi connectivity index (χ3v) is 3.80. The molecule has 0 bridgehead atoms. The number of ether oxygens (including phenoxy) is 1. The lowest BCUT2D eigenvalue weighted by molar-refractivity contribution is 0.275. The maximum absolute atomic E-state index is 9.19. The average Bonchev–Trinajstić information content (AvgIpc) is 2.98. The molecule has 0 saturated heterocycles. The van der Waals surface area contributed by atoms with Gasteiger partial charge in [-0.2, -0.15) is 5.26 Å². The molecule has 3 rings (SSSR count). The first-order valence-corrected chi connectivity index (χ1v) is 6.80. The van der Waals surface area contributed by atoms with E-state index in [4.69, 9.17) is 10.5 Å². The van der Waals surface area contributed by atoms with E-state index in [0.29, 0.717) is 11.4 Å². The van der Waals surface area contributed by atoms with Crippen LogP contribution in [0.4, 0.5) is 5.82 Å². The molecule has 0 spiro atoms. The van der Waals surface area contributed by atoms with Gasteiger partial charge in [-0.25, -0.2) is 4.98 Å². The summed E-state index contributed by atoms with van der Waals surface area (Å²) in [6.07, 6.45) is 10.3. The van der Waals surface area contributed by atoms with E-state index < -0.39 is 0 Å². The van der Waals surface area contributed by atoms with Gasteiger partial charge in [0, 0.05) is 36.0 Å². The predicted molar refractivity (Wildman–Crippen MR) is 81.3 cm³/mol. The largest absolute Gasteiger partial charge is 0.501 e. The fourth-order valence-electron chi connectivity index (χ4n) is 2.65. The number of aromatic amines is 1. The fraction of sp³-hybridized carbons (Fsp3) is 0.250. The minimum Gasteiger partial charge on any atom is -0.501 e. The molecule has 2 aromatic heterocycles. The van der Waals surface area contributed by atoms with Crippen molar-refractivity contribution in [3.05, 3.63) is 47.1 Å². The number of nitrogen functional groups attached to an aromatic ring is 1. The normalized spacial score (nSPS) is 14.5. The number of allylic oxidation sites excluding steroid dienone is 4. The summed E-state index contributed by atoms with van der Waals surface area (Å²) in [5.74, 6) is 1.29. The summed E-state index contributed by atoms with van der Waals surface area (Å²) >= 11 is 0. The van der Waals surface area contributed by atoms with Crippen LogP contribution in [-0.2, 0) is 11.2 Å². The molecule has 0 aliphatic heterocycles. The SMILES string of the molecule is COC1=CC=C(Cc2nc(N)c(C#N)c3c[nH]cc23)CC1. The Morgan fingerprint density at radius 2 is 2.14 bits per heavy atom. The van der Waals surface area contributed by atoms with Crippen molar-refractivity contribution in [3.8, 4) is 6.07 Å². The number of H-pyrrole nitrogens is 1. The van der Waals surface area contributed by atoms with E-state index in [1.165, 1.54) is 5.57 Å². The Hall–Kier alpha value is -2.74. The number of pyridine rings is 1. The molecule has 0 saturated carbocycles. The Morgan fingerprint density at radius 3 is 2.81 bits per heavy atom. The highest BCUT2D eigenvalue weighted by molar-refractivity contribution is 5.92. The number of methoxy groups -OCH3 is 1. The van der Waals surface area contributed by atoms with Crippen LogP contribution < -0.4 is 5.73 Å². The highest BCUT2D eigenvalue weighted by Crippen LogP contribution is 2.28. The first-order valence-electron chi connectivity index (χ1n) is 6.80. The minimum absolute atomic E-state index is 0.295. The number of hydrogen-bond donors (Lipinski definition) is 2. The van der Waals surface area contributed by atoms with Gasteiger partial charge in [0.15, 0.2) is 0 Å². The van der Waals surface area contributed by atoms with Gasteiger partial charge in [-0.15, -0.1) is 0 Å². The first kappa shape index (κ1) is 13.3. The Labute approximate surface area is 122 Å². The molecule has 0 unspecified atom stereocenters.